The zero-order valence-corrected chi connectivity index (χ0v) is 19.3. The van der Waals surface area contributed by atoms with E-state index in [9.17, 15) is 9.59 Å². The first-order chi connectivity index (χ1) is 15.6. The monoisotopic (exact) mass is 466 g/mol. The number of hydrogen-bond acceptors (Lipinski definition) is 7. The number of fused-ring (bicyclic) bond motifs is 1. The van der Waals surface area contributed by atoms with Crippen LogP contribution in [0.5, 0.6) is 0 Å². The quantitative estimate of drug-likeness (QED) is 0.308. The highest BCUT2D eigenvalue weighted by Crippen LogP contribution is 2.27. The number of thiazole rings is 1. The van der Waals surface area contributed by atoms with E-state index < -0.39 is 5.25 Å². The van der Waals surface area contributed by atoms with Crippen LogP contribution in [-0.2, 0) is 16.1 Å². The van der Waals surface area contributed by atoms with Crippen molar-refractivity contribution in [3.05, 3.63) is 70.3 Å². The lowest BCUT2D eigenvalue weighted by Crippen LogP contribution is -2.28. The normalized spacial score (nSPS) is 12.1. The fraction of sp³-hybridized carbons (Fsp3) is 0.217. The van der Waals surface area contributed by atoms with E-state index in [-0.39, 0.29) is 11.5 Å². The topological polar surface area (TPSA) is 86.1 Å². The number of carbonyl (C=O) groups is 1. The van der Waals surface area contributed by atoms with Crippen molar-refractivity contribution in [2.24, 2.45) is 0 Å². The van der Waals surface area contributed by atoms with Crippen molar-refractivity contribution in [2.75, 3.05) is 19.0 Å². The molecule has 0 aliphatic rings. The van der Waals surface area contributed by atoms with Gasteiger partial charge in [-0.2, -0.15) is 0 Å². The van der Waals surface area contributed by atoms with Crippen LogP contribution in [0, 0.1) is 0 Å². The number of nitrogens with one attached hydrogen (secondary N) is 1. The molecule has 1 atom stereocenters. The highest BCUT2D eigenvalue weighted by molar-refractivity contribution is 8.00. The molecule has 164 valence electrons. The second-order valence-electron chi connectivity index (χ2n) is 7.01. The Balaban J connectivity index is 1.53. The van der Waals surface area contributed by atoms with E-state index in [1.165, 1.54) is 23.1 Å². The number of para-hydroxylation sites is 1. The predicted molar refractivity (Wildman–Crippen MR) is 129 cm³/mol. The number of benzene rings is 2. The van der Waals surface area contributed by atoms with Gasteiger partial charge in [0.15, 0.2) is 10.3 Å². The van der Waals surface area contributed by atoms with Gasteiger partial charge in [-0.25, -0.2) is 9.97 Å². The van der Waals surface area contributed by atoms with Gasteiger partial charge >= 0.3 is 0 Å². The van der Waals surface area contributed by atoms with Gasteiger partial charge in [-0.15, -0.1) is 11.3 Å². The van der Waals surface area contributed by atoms with E-state index >= 15 is 0 Å². The van der Waals surface area contributed by atoms with E-state index in [2.05, 4.69) is 15.3 Å². The predicted octanol–water partition coefficient (Wildman–Crippen LogP) is 4.29. The molecule has 32 heavy (non-hydrogen) atoms. The zero-order valence-electron chi connectivity index (χ0n) is 17.6. The Bertz CT molecular complexity index is 1290. The Hall–Kier alpha value is -3.01. The molecule has 0 spiro atoms. The number of hydrogen-bond donors (Lipinski definition) is 1. The van der Waals surface area contributed by atoms with Gasteiger partial charge in [-0.1, -0.05) is 54.2 Å². The lowest BCUT2D eigenvalue weighted by atomic mass is 10.2. The van der Waals surface area contributed by atoms with Gasteiger partial charge in [-0.3, -0.25) is 14.2 Å². The van der Waals surface area contributed by atoms with Gasteiger partial charge in [0.1, 0.15) is 0 Å². The van der Waals surface area contributed by atoms with Gasteiger partial charge in [0.05, 0.1) is 35.0 Å². The molecule has 0 radical (unpaired) electrons. The Morgan fingerprint density at radius 3 is 2.69 bits per heavy atom. The van der Waals surface area contributed by atoms with Crippen molar-refractivity contribution < 1.29 is 9.53 Å². The Morgan fingerprint density at radius 1 is 1.16 bits per heavy atom. The summed E-state index contributed by atoms with van der Waals surface area (Å²) in [7, 11) is 1.58. The molecule has 2 aromatic carbocycles. The third kappa shape index (κ3) is 4.90. The number of carbonyl (C=O) groups excluding carboxylic acids is 1. The average molecular weight is 467 g/mol. The molecule has 0 saturated heterocycles. The molecular weight excluding hydrogens is 444 g/mol. The van der Waals surface area contributed by atoms with Crippen LogP contribution in [0.1, 0.15) is 6.92 Å². The molecule has 4 aromatic rings. The standard InChI is InChI=1S/C23H22N4O3S2/c1-15(20(28)26-22-24-19(14-31-22)16-8-4-3-5-9-16)32-23-25-18-11-7-6-10-17(18)21(29)27(23)12-13-30-2/h3-11,14-15H,12-13H2,1-2H3,(H,24,26,28)/t15-/m0/s1. The molecule has 2 heterocycles. The van der Waals surface area contributed by atoms with E-state index in [0.717, 1.165) is 11.3 Å². The third-order valence-corrected chi connectivity index (χ3v) is 6.65. The Morgan fingerprint density at radius 2 is 1.91 bits per heavy atom. The summed E-state index contributed by atoms with van der Waals surface area (Å²) in [6.45, 7) is 2.51. The maximum atomic E-state index is 13.0. The molecule has 0 aliphatic heterocycles. The minimum atomic E-state index is -0.485. The van der Waals surface area contributed by atoms with E-state index in [0.29, 0.717) is 34.3 Å². The molecule has 0 aliphatic carbocycles. The van der Waals surface area contributed by atoms with Gasteiger partial charge < -0.3 is 10.1 Å². The number of methoxy groups -OCH3 is 1. The van der Waals surface area contributed by atoms with Gasteiger partial charge in [-0.05, 0) is 19.1 Å². The fourth-order valence-electron chi connectivity index (χ4n) is 3.11. The minimum Gasteiger partial charge on any atom is -0.383 e. The highest BCUT2D eigenvalue weighted by atomic mass is 32.2. The van der Waals surface area contributed by atoms with Gasteiger partial charge in [0, 0.05) is 18.1 Å². The van der Waals surface area contributed by atoms with Crippen LogP contribution in [0.4, 0.5) is 5.13 Å². The van der Waals surface area contributed by atoms with Crippen molar-refractivity contribution in [3.8, 4) is 11.3 Å². The molecule has 0 fully saturated rings. The van der Waals surface area contributed by atoms with E-state index in [1.807, 2.05) is 47.8 Å². The lowest BCUT2D eigenvalue weighted by Gasteiger charge is -2.15. The molecule has 1 amide bonds. The zero-order chi connectivity index (χ0) is 22.5. The maximum Gasteiger partial charge on any atom is 0.262 e. The van der Waals surface area contributed by atoms with Crippen LogP contribution in [0.2, 0.25) is 0 Å². The van der Waals surface area contributed by atoms with E-state index in [4.69, 9.17) is 4.74 Å². The number of anilines is 1. The number of nitrogens with zero attached hydrogens (tertiary/aromatic N) is 3. The molecule has 2 aromatic heterocycles. The van der Waals surface area contributed by atoms with Gasteiger partial charge in [0.2, 0.25) is 5.91 Å². The number of rotatable bonds is 8. The average Bonchev–Trinajstić information content (AvgIpc) is 3.28. The minimum absolute atomic E-state index is 0.143. The SMILES string of the molecule is COCCn1c(S[C@@H](C)C(=O)Nc2nc(-c3ccccc3)cs2)nc2ccccc2c1=O. The molecule has 9 heteroatoms. The largest absolute Gasteiger partial charge is 0.383 e. The maximum absolute atomic E-state index is 13.0. The van der Waals surface area contributed by atoms with Crippen LogP contribution < -0.4 is 10.9 Å². The van der Waals surface area contributed by atoms with Gasteiger partial charge in [0.25, 0.3) is 5.56 Å². The van der Waals surface area contributed by atoms with Crippen molar-refractivity contribution in [1.82, 2.24) is 14.5 Å². The third-order valence-electron chi connectivity index (χ3n) is 4.80. The summed E-state index contributed by atoms with van der Waals surface area (Å²) in [6.07, 6.45) is 0. The summed E-state index contributed by atoms with van der Waals surface area (Å²) in [4.78, 5) is 35.0. The second kappa shape index (κ2) is 10.1. The second-order valence-corrected chi connectivity index (χ2v) is 9.18. The van der Waals surface area contributed by atoms with Crippen molar-refractivity contribution >= 4 is 45.0 Å². The molecule has 0 bridgehead atoms. The van der Waals surface area contributed by atoms with E-state index in [1.54, 1.807) is 30.7 Å². The van der Waals surface area contributed by atoms with Crippen LogP contribution in [0.15, 0.2) is 69.9 Å². The summed E-state index contributed by atoms with van der Waals surface area (Å²) in [6, 6.07) is 17.0. The van der Waals surface area contributed by atoms with Crippen LogP contribution in [0.25, 0.3) is 22.2 Å². The van der Waals surface area contributed by atoms with Crippen molar-refractivity contribution in [3.63, 3.8) is 0 Å². The van der Waals surface area contributed by atoms with Crippen LogP contribution in [0.3, 0.4) is 0 Å². The lowest BCUT2D eigenvalue weighted by molar-refractivity contribution is -0.115. The molecule has 0 saturated carbocycles. The van der Waals surface area contributed by atoms with Crippen LogP contribution in [-0.4, -0.2) is 39.4 Å². The number of ether oxygens (including phenoxy) is 1. The molecule has 1 N–H and O–H groups in total. The summed E-state index contributed by atoms with van der Waals surface area (Å²) < 4.78 is 6.72. The molecule has 7 nitrogen and oxygen atoms in total. The fourth-order valence-corrected chi connectivity index (χ4v) is 4.77. The number of thioether (sulfide) groups is 1. The summed E-state index contributed by atoms with van der Waals surface area (Å²) in [5.41, 5.74) is 2.27. The Labute approximate surface area is 193 Å². The molecular formula is C23H22N4O3S2. The van der Waals surface area contributed by atoms with Crippen molar-refractivity contribution in [2.45, 2.75) is 23.9 Å². The summed E-state index contributed by atoms with van der Waals surface area (Å²) >= 11 is 2.62. The number of amides is 1. The molecule has 0 unspecified atom stereocenters. The first-order valence-electron chi connectivity index (χ1n) is 10.0. The Kier molecular flexibility index (Phi) is 6.99. The summed E-state index contributed by atoms with van der Waals surface area (Å²) in [5, 5.41) is 5.86. The smallest absolute Gasteiger partial charge is 0.262 e. The summed E-state index contributed by atoms with van der Waals surface area (Å²) in [5.74, 6) is -0.204. The first kappa shape index (κ1) is 22.2. The number of aromatic nitrogens is 3. The first-order valence-corrected chi connectivity index (χ1v) is 11.8. The highest BCUT2D eigenvalue weighted by Gasteiger charge is 2.20. The van der Waals surface area contributed by atoms with Crippen molar-refractivity contribution in [1.29, 1.82) is 0 Å². The van der Waals surface area contributed by atoms with Crippen LogP contribution >= 0.6 is 23.1 Å². The molecule has 4 rings (SSSR count).